The van der Waals surface area contributed by atoms with Crippen molar-refractivity contribution in [3.63, 3.8) is 0 Å². The number of aromatic nitrogens is 6. The molecule has 37 heavy (non-hydrogen) atoms. The Hall–Kier alpha value is -4.64. The Kier molecular flexibility index (Phi) is 5.41. The minimum atomic E-state index is -1.71. The first kappa shape index (κ1) is 22.8. The van der Waals surface area contributed by atoms with Crippen molar-refractivity contribution < 1.29 is 14.4 Å². The second-order valence-corrected chi connectivity index (χ2v) is 9.06. The summed E-state index contributed by atoms with van der Waals surface area (Å²) in [5.74, 6) is 0.160. The molecule has 1 aliphatic rings. The molecule has 0 spiro atoms. The number of amides is 1. The first-order chi connectivity index (χ1) is 17.9. The van der Waals surface area contributed by atoms with Crippen LogP contribution in [0.5, 0.6) is 0 Å². The van der Waals surface area contributed by atoms with Crippen LogP contribution in [0.3, 0.4) is 0 Å². The van der Waals surface area contributed by atoms with E-state index < -0.39 is 11.5 Å². The van der Waals surface area contributed by atoms with Crippen molar-refractivity contribution in [1.29, 1.82) is 0 Å². The van der Waals surface area contributed by atoms with E-state index in [-0.39, 0.29) is 18.2 Å². The van der Waals surface area contributed by atoms with Crippen LogP contribution in [0.4, 0.5) is 5.95 Å². The molecule has 1 fully saturated rings. The molecule has 1 unspecified atom stereocenters. The molecule has 0 aliphatic carbocycles. The molecule has 0 radical (unpaired) electrons. The Morgan fingerprint density at radius 2 is 1.86 bits per heavy atom. The van der Waals surface area contributed by atoms with Crippen molar-refractivity contribution >= 4 is 17.5 Å². The van der Waals surface area contributed by atoms with E-state index in [1.807, 2.05) is 54.0 Å². The molecule has 0 aromatic carbocycles. The third-order valence-corrected chi connectivity index (χ3v) is 6.59. The predicted octanol–water partition coefficient (Wildman–Crippen LogP) is 3.06. The minimum Gasteiger partial charge on any atom is -0.373 e. The number of likely N-dealkylation sites (N-methyl/N-ethyl adjacent to an activating group) is 1. The minimum absolute atomic E-state index is 0.0939. The predicted molar refractivity (Wildman–Crippen MR) is 134 cm³/mol. The molecule has 1 saturated heterocycles. The van der Waals surface area contributed by atoms with Crippen molar-refractivity contribution in [2.75, 3.05) is 18.9 Å². The third kappa shape index (κ3) is 3.99. The van der Waals surface area contributed by atoms with Crippen LogP contribution < -0.4 is 5.32 Å². The smallest absolute Gasteiger partial charge is 0.262 e. The molecule has 11 heteroatoms. The zero-order valence-electron chi connectivity index (χ0n) is 20.2. The van der Waals surface area contributed by atoms with Crippen LogP contribution in [-0.2, 0) is 10.4 Å². The van der Waals surface area contributed by atoms with Gasteiger partial charge in [0.2, 0.25) is 11.5 Å². The fourth-order valence-electron chi connectivity index (χ4n) is 4.50. The molecule has 1 aliphatic heterocycles. The maximum atomic E-state index is 12.4. The number of anilines is 1. The van der Waals surface area contributed by atoms with Crippen LogP contribution in [0.15, 0.2) is 71.6 Å². The zero-order valence-corrected chi connectivity index (χ0v) is 20.2. The van der Waals surface area contributed by atoms with E-state index in [1.165, 1.54) is 4.90 Å². The molecule has 11 nitrogen and oxygen atoms in total. The van der Waals surface area contributed by atoms with Crippen molar-refractivity contribution in [3.05, 3.63) is 78.6 Å². The quantitative estimate of drug-likeness (QED) is 0.364. The first-order valence-electron chi connectivity index (χ1n) is 11.9. The second kappa shape index (κ2) is 8.79. The lowest BCUT2D eigenvalue weighted by Gasteiger charge is -2.16. The number of likely N-dealkylation sites (tertiary alicyclic amines) is 1. The van der Waals surface area contributed by atoms with Gasteiger partial charge in [-0.2, -0.15) is 0 Å². The summed E-state index contributed by atoms with van der Waals surface area (Å²) in [6, 6.07) is 14.6. The Balaban J connectivity index is 1.25. The number of carbonyl (C=O) groups is 1. The van der Waals surface area contributed by atoms with E-state index in [0.29, 0.717) is 35.3 Å². The van der Waals surface area contributed by atoms with E-state index in [2.05, 4.69) is 30.4 Å². The number of aliphatic hydroxyl groups is 1. The number of pyridine rings is 2. The van der Waals surface area contributed by atoms with Crippen LogP contribution in [-0.4, -0.2) is 59.0 Å². The fourth-order valence-corrected chi connectivity index (χ4v) is 4.50. The monoisotopic (exact) mass is 496 g/mol. The maximum absolute atomic E-state index is 12.4. The highest BCUT2D eigenvalue weighted by Crippen LogP contribution is 2.34. The van der Waals surface area contributed by atoms with Crippen LogP contribution in [0.1, 0.15) is 30.8 Å². The summed E-state index contributed by atoms with van der Waals surface area (Å²) in [7, 11) is 1.64. The molecule has 186 valence electrons. The van der Waals surface area contributed by atoms with Crippen LogP contribution in [0, 0.1) is 0 Å². The summed E-state index contributed by atoms with van der Waals surface area (Å²) in [5, 5.41) is 18.2. The van der Waals surface area contributed by atoms with Gasteiger partial charge in [0.05, 0.1) is 35.0 Å². The van der Waals surface area contributed by atoms with Gasteiger partial charge in [0.15, 0.2) is 5.76 Å². The molecule has 0 bridgehead atoms. The topological polar surface area (TPSA) is 135 Å². The number of carbonyl (C=O) groups excluding carboxylic acids is 1. The molecule has 2 atom stereocenters. The molecule has 5 aromatic heterocycles. The van der Waals surface area contributed by atoms with E-state index in [9.17, 15) is 9.90 Å². The van der Waals surface area contributed by atoms with E-state index in [0.717, 1.165) is 11.3 Å². The fraction of sp³-hybridized carbons (Fsp3) is 0.231. The molecular weight excluding hydrogens is 472 g/mol. The van der Waals surface area contributed by atoms with Crippen LogP contribution >= 0.6 is 0 Å². The highest BCUT2D eigenvalue weighted by Gasteiger charge is 2.48. The van der Waals surface area contributed by atoms with Crippen molar-refractivity contribution in [3.8, 4) is 22.8 Å². The van der Waals surface area contributed by atoms with E-state index in [4.69, 9.17) is 4.52 Å². The van der Waals surface area contributed by atoms with Crippen molar-refractivity contribution in [2.45, 2.75) is 25.0 Å². The Morgan fingerprint density at radius 1 is 1.05 bits per heavy atom. The lowest BCUT2D eigenvalue weighted by molar-refractivity contribution is -0.144. The third-order valence-electron chi connectivity index (χ3n) is 6.59. The zero-order chi connectivity index (χ0) is 25.6. The SMILES string of the molecule is CC(Nc1nccc(-c2cccc(-c3cc([C@]4(O)CCN(C)C4=O)on3)n2)n1)c1cnc2ccccn12. The average Bonchev–Trinajstić information content (AvgIpc) is 3.65. The number of fused-ring (bicyclic) bond motifs is 1. The molecule has 6 heterocycles. The van der Waals surface area contributed by atoms with E-state index in [1.54, 1.807) is 31.4 Å². The van der Waals surface area contributed by atoms with Gasteiger partial charge in [0, 0.05) is 38.5 Å². The first-order valence-corrected chi connectivity index (χ1v) is 11.9. The molecule has 0 saturated carbocycles. The number of imidazole rings is 1. The highest BCUT2D eigenvalue weighted by molar-refractivity contribution is 5.87. The highest BCUT2D eigenvalue weighted by atomic mass is 16.5. The van der Waals surface area contributed by atoms with Gasteiger partial charge in [0.1, 0.15) is 11.3 Å². The number of nitrogens with one attached hydrogen (secondary N) is 1. The van der Waals surface area contributed by atoms with Crippen molar-refractivity contribution in [1.82, 2.24) is 34.4 Å². The molecule has 6 rings (SSSR count). The van der Waals surface area contributed by atoms with Gasteiger partial charge in [-0.25, -0.2) is 19.9 Å². The maximum Gasteiger partial charge on any atom is 0.262 e. The number of nitrogens with zero attached hydrogens (tertiary/aromatic N) is 7. The Bertz CT molecular complexity index is 1610. The Morgan fingerprint density at radius 3 is 2.68 bits per heavy atom. The summed E-state index contributed by atoms with van der Waals surface area (Å²) in [6.07, 6.45) is 5.72. The van der Waals surface area contributed by atoms with E-state index >= 15 is 0 Å². The molecular formula is C26H24N8O3. The largest absolute Gasteiger partial charge is 0.373 e. The number of hydrogen-bond donors (Lipinski definition) is 2. The van der Waals surface area contributed by atoms with Gasteiger partial charge in [-0.05, 0) is 37.3 Å². The standard InChI is InChI=1S/C26H24N8O3/c1-16(21-15-28-23-8-3-4-12-34(21)23)29-25-27-11-9-19(31-25)17-6-5-7-18(30-17)20-14-22(37-32-20)26(36)10-13-33(2)24(26)35/h3-9,11-12,14-16,36H,10,13H2,1-2H3,(H,27,29,31)/t16?,26-/m1/s1. The van der Waals surface area contributed by atoms with Crippen molar-refractivity contribution in [2.24, 2.45) is 0 Å². The summed E-state index contributed by atoms with van der Waals surface area (Å²) in [6.45, 7) is 2.47. The molecule has 2 N–H and O–H groups in total. The lowest BCUT2D eigenvalue weighted by atomic mass is 9.98. The normalized spacial score (nSPS) is 18.5. The van der Waals surface area contributed by atoms with Crippen LogP contribution in [0.2, 0.25) is 0 Å². The lowest BCUT2D eigenvalue weighted by Crippen LogP contribution is -2.35. The molecule has 5 aromatic rings. The van der Waals surface area contributed by atoms with Gasteiger partial charge in [0.25, 0.3) is 5.91 Å². The average molecular weight is 497 g/mol. The number of rotatable bonds is 6. The van der Waals surface area contributed by atoms with Gasteiger partial charge in [-0.15, -0.1) is 0 Å². The summed E-state index contributed by atoms with van der Waals surface area (Å²) < 4.78 is 7.39. The summed E-state index contributed by atoms with van der Waals surface area (Å²) in [5.41, 5.74) is 2.34. The number of hydrogen-bond acceptors (Lipinski definition) is 9. The van der Waals surface area contributed by atoms with Gasteiger partial charge in [-0.3, -0.25) is 4.79 Å². The van der Waals surface area contributed by atoms with Gasteiger partial charge in [-0.1, -0.05) is 17.3 Å². The second-order valence-electron chi connectivity index (χ2n) is 9.06. The Labute approximate surface area is 211 Å². The summed E-state index contributed by atoms with van der Waals surface area (Å²) in [4.78, 5) is 32.0. The van der Waals surface area contributed by atoms with Gasteiger partial charge >= 0.3 is 0 Å². The summed E-state index contributed by atoms with van der Waals surface area (Å²) >= 11 is 0. The van der Waals surface area contributed by atoms with Gasteiger partial charge < -0.3 is 24.2 Å². The molecule has 1 amide bonds. The van der Waals surface area contributed by atoms with Crippen LogP contribution in [0.25, 0.3) is 28.4 Å².